The SMILES string of the molecule is C1=C[CH]([Hf][CH]2C=CC=C2)C=C1.[H+].[H+]. The fourth-order valence-electron chi connectivity index (χ4n) is 1.31. The van der Waals surface area contributed by atoms with Crippen LogP contribution >= 0.6 is 0 Å². The first kappa shape index (κ1) is 7.48. The standard InChI is InChI=1S/2C5H5.Hf/c2*1-2-4-5-3-1;/h2*1-5H;/p+2. The summed E-state index contributed by atoms with van der Waals surface area (Å²) in [6.45, 7) is 0. The first-order valence-corrected chi connectivity index (χ1v) is 8.06. The van der Waals surface area contributed by atoms with E-state index in [4.69, 9.17) is 0 Å². The summed E-state index contributed by atoms with van der Waals surface area (Å²) in [5, 5.41) is 0. The number of hydrogen-bond acceptors (Lipinski definition) is 0. The molecule has 0 fully saturated rings. The van der Waals surface area contributed by atoms with Gasteiger partial charge < -0.3 is 0 Å². The zero-order valence-electron chi connectivity index (χ0n) is 8.27. The minimum absolute atomic E-state index is 0. The molecule has 0 aliphatic heterocycles. The molecule has 0 radical (unpaired) electrons. The van der Waals surface area contributed by atoms with E-state index in [1.54, 1.807) is 0 Å². The van der Waals surface area contributed by atoms with Gasteiger partial charge in [-0.3, -0.25) is 0 Å². The molecule has 54 valence electrons. The van der Waals surface area contributed by atoms with Crippen molar-refractivity contribution in [3.63, 3.8) is 0 Å². The third-order valence-electron chi connectivity index (χ3n) is 1.88. The maximum Gasteiger partial charge on any atom is 1.00 e. The normalized spacial score (nSPS) is 22.2. The van der Waals surface area contributed by atoms with Crippen LogP contribution in [0.2, 0.25) is 7.35 Å². The Bertz CT molecular complexity index is 204. The molecule has 11 heavy (non-hydrogen) atoms. The van der Waals surface area contributed by atoms with Crippen LogP contribution in [0.15, 0.2) is 48.6 Å². The van der Waals surface area contributed by atoms with E-state index in [-0.39, 0.29) is 2.85 Å². The van der Waals surface area contributed by atoms with E-state index in [9.17, 15) is 0 Å². The Morgan fingerprint density at radius 3 is 1.45 bits per heavy atom. The first-order valence-electron chi connectivity index (χ1n) is 3.91. The second-order valence-electron chi connectivity index (χ2n) is 2.76. The molecule has 0 heterocycles. The van der Waals surface area contributed by atoms with Gasteiger partial charge in [0, 0.05) is 0 Å². The van der Waals surface area contributed by atoms with Crippen LogP contribution in [0.25, 0.3) is 0 Å². The quantitative estimate of drug-likeness (QED) is 0.688. The van der Waals surface area contributed by atoms with Gasteiger partial charge in [-0.2, -0.15) is 0 Å². The van der Waals surface area contributed by atoms with Crippen LogP contribution in [0.4, 0.5) is 0 Å². The second kappa shape index (κ2) is 3.49. The summed E-state index contributed by atoms with van der Waals surface area (Å²) in [6.07, 6.45) is 18.1. The predicted molar refractivity (Wildman–Crippen MR) is 46.3 cm³/mol. The molecule has 0 N–H and O–H groups in total. The zero-order valence-corrected chi connectivity index (χ0v) is 9.87. The molecule has 0 aromatic heterocycles. The fourth-order valence-corrected chi connectivity index (χ4v) is 6.10. The smallest absolute Gasteiger partial charge is 1.00 e. The van der Waals surface area contributed by atoms with Gasteiger partial charge in [0.15, 0.2) is 0 Å². The molecule has 0 atom stereocenters. The molecule has 0 saturated carbocycles. The second-order valence-corrected chi connectivity index (χ2v) is 8.75. The third-order valence-corrected chi connectivity index (χ3v) is 7.41. The summed E-state index contributed by atoms with van der Waals surface area (Å²) >= 11 is -0.471. The van der Waals surface area contributed by atoms with Gasteiger partial charge in [0.1, 0.15) is 0 Å². The number of allylic oxidation sites excluding steroid dienone is 8. The Morgan fingerprint density at radius 1 is 0.727 bits per heavy atom. The molecule has 0 spiro atoms. The molecule has 0 bridgehead atoms. The molecule has 0 unspecified atom stereocenters. The van der Waals surface area contributed by atoms with Crippen molar-refractivity contribution in [1.29, 1.82) is 0 Å². The van der Waals surface area contributed by atoms with Crippen LogP contribution in [0.5, 0.6) is 0 Å². The molecule has 0 saturated heterocycles. The fraction of sp³-hybridized carbons (Fsp3) is 0.200. The average Bonchev–Trinajstić information content (AvgIpc) is 2.60. The van der Waals surface area contributed by atoms with Gasteiger partial charge in [-0.1, -0.05) is 0 Å². The molecule has 2 aliphatic rings. The van der Waals surface area contributed by atoms with E-state index in [0.29, 0.717) is 0 Å². The molecule has 0 nitrogen and oxygen atoms in total. The van der Waals surface area contributed by atoms with E-state index in [2.05, 4.69) is 48.6 Å². The minimum Gasteiger partial charge on any atom is 1.00 e. The van der Waals surface area contributed by atoms with Crippen LogP contribution in [-0.4, -0.2) is 0 Å². The Balaban J connectivity index is 0.000000720. The van der Waals surface area contributed by atoms with Crippen LogP contribution in [0, 0.1) is 0 Å². The van der Waals surface area contributed by atoms with Crippen molar-refractivity contribution in [1.82, 2.24) is 0 Å². The maximum absolute atomic E-state index is 2.35. The van der Waals surface area contributed by atoms with Gasteiger partial charge >= 0.3 is 81.7 Å². The largest absolute Gasteiger partial charge is 1.00 e. The van der Waals surface area contributed by atoms with Crippen LogP contribution < -0.4 is 0 Å². The van der Waals surface area contributed by atoms with Crippen LogP contribution in [0.3, 0.4) is 0 Å². The Morgan fingerprint density at radius 2 is 1.09 bits per heavy atom. The van der Waals surface area contributed by atoms with Crippen molar-refractivity contribution in [3.8, 4) is 0 Å². The molecular formula is C10H12Hf+2. The van der Waals surface area contributed by atoms with Crippen molar-refractivity contribution >= 4 is 0 Å². The third kappa shape index (κ3) is 1.90. The molecule has 2 rings (SSSR count). The summed E-state index contributed by atoms with van der Waals surface area (Å²) in [7, 11) is 0. The maximum atomic E-state index is 2.35. The van der Waals surface area contributed by atoms with E-state index in [0.717, 1.165) is 7.35 Å². The molecular weight excluding hydrogens is 299 g/mol. The van der Waals surface area contributed by atoms with E-state index in [1.807, 2.05) is 0 Å². The van der Waals surface area contributed by atoms with Gasteiger partial charge in [0.25, 0.3) is 0 Å². The minimum atomic E-state index is -0.471. The van der Waals surface area contributed by atoms with E-state index < -0.39 is 22.9 Å². The predicted octanol–water partition coefficient (Wildman–Crippen LogP) is 3.12. The molecule has 2 aliphatic carbocycles. The van der Waals surface area contributed by atoms with E-state index >= 15 is 0 Å². The number of hydrogen-bond donors (Lipinski definition) is 0. The first-order chi connectivity index (χ1) is 5.45. The van der Waals surface area contributed by atoms with Crippen molar-refractivity contribution in [2.24, 2.45) is 0 Å². The molecule has 0 aromatic carbocycles. The van der Waals surface area contributed by atoms with Crippen molar-refractivity contribution in [2.75, 3.05) is 0 Å². The topological polar surface area (TPSA) is 0 Å². The van der Waals surface area contributed by atoms with Gasteiger partial charge in [-0.05, 0) is 0 Å². The molecule has 1 heteroatoms. The average molecular weight is 311 g/mol. The Kier molecular flexibility index (Phi) is 2.37. The number of rotatable bonds is 2. The van der Waals surface area contributed by atoms with Crippen LogP contribution in [-0.2, 0) is 22.9 Å². The van der Waals surface area contributed by atoms with Crippen molar-refractivity contribution in [2.45, 2.75) is 7.35 Å². The Hall–Kier alpha value is -0.170. The summed E-state index contributed by atoms with van der Waals surface area (Å²) in [6, 6.07) is 0. The zero-order chi connectivity index (χ0) is 7.52. The summed E-state index contributed by atoms with van der Waals surface area (Å²) in [5.74, 6) is 0. The van der Waals surface area contributed by atoms with Crippen molar-refractivity contribution in [3.05, 3.63) is 48.6 Å². The summed E-state index contributed by atoms with van der Waals surface area (Å²) in [5.41, 5.74) is 0. The van der Waals surface area contributed by atoms with E-state index in [1.165, 1.54) is 0 Å². The van der Waals surface area contributed by atoms with Gasteiger partial charge in [0.05, 0.1) is 0 Å². The van der Waals surface area contributed by atoms with Gasteiger partial charge in [-0.25, -0.2) is 0 Å². The van der Waals surface area contributed by atoms with Gasteiger partial charge in [0.2, 0.25) is 0 Å². The monoisotopic (exact) mass is 312 g/mol. The van der Waals surface area contributed by atoms with Gasteiger partial charge in [-0.15, -0.1) is 0 Å². The van der Waals surface area contributed by atoms with Crippen molar-refractivity contribution < 1.29 is 25.8 Å². The molecule has 0 amide bonds. The summed E-state index contributed by atoms with van der Waals surface area (Å²) in [4.78, 5) is 0. The molecule has 0 aromatic rings. The van der Waals surface area contributed by atoms with Crippen LogP contribution in [0.1, 0.15) is 2.85 Å². The summed E-state index contributed by atoms with van der Waals surface area (Å²) < 4.78 is 1.74. The Labute approximate surface area is 81.7 Å².